The van der Waals surface area contributed by atoms with Crippen molar-refractivity contribution in [3.05, 3.63) is 75.5 Å². The van der Waals surface area contributed by atoms with Crippen molar-refractivity contribution < 1.29 is 19.1 Å². The summed E-state index contributed by atoms with van der Waals surface area (Å²) in [5.74, 6) is 1.30. The van der Waals surface area contributed by atoms with Crippen molar-refractivity contribution >= 4 is 29.0 Å². The summed E-state index contributed by atoms with van der Waals surface area (Å²) in [7, 11) is 3.25. The van der Waals surface area contributed by atoms with E-state index in [1.165, 1.54) is 16.9 Å². The number of thiophene rings is 1. The number of ether oxygens (including phenoxy) is 2. The minimum atomic E-state index is -0.207. The zero-order valence-corrected chi connectivity index (χ0v) is 25.6. The lowest BCUT2D eigenvalue weighted by Gasteiger charge is -2.35. The van der Waals surface area contributed by atoms with Crippen LogP contribution in [0.5, 0.6) is 11.5 Å². The normalized spacial score (nSPS) is 13.5. The molecule has 2 aromatic carbocycles. The fourth-order valence-electron chi connectivity index (χ4n) is 5.37. The molecular weight excluding hydrogens is 534 g/mol. The number of nitrogens with zero attached hydrogens (tertiary/aromatic N) is 2. The quantitative estimate of drug-likeness (QED) is 0.250. The van der Waals surface area contributed by atoms with Gasteiger partial charge in [0.1, 0.15) is 6.54 Å². The van der Waals surface area contributed by atoms with E-state index in [1.54, 1.807) is 30.5 Å². The number of urea groups is 1. The highest BCUT2D eigenvalue weighted by Crippen LogP contribution is 2.28. The fraction of sp³-hybridized carbons (Fsp3) is 0.455. The number of benzene rings is 2. The maximum Gasteiger partial charge on any atom is 0.322 e. The van der Waals surface area contributed by atoms with Gasteiger partial charge in [-0.15, -0.1) is 11.3 Å². The first-order chi connectivity index (χ1) is 19.9. The Labute approximate surface area is 248 Å². The summed E-state index contributed by atoms with van der Waals surface area (Å²) in [6.45, 7) is 5.29. The molecule has 220 valence electrons. The molecule has 7 nitrogen and oxygen atoms in total. The lowest BCUT2D eigenvalue weighted by Crippen LogP contribution is -2.49. The number of carbonyl (C=O) groups is 2. The minimum Gasteiger partial charge on any atom is -0.493 e. The molecule has 0 spiro atoms. The second-order valence-electron chi connectivity index (χ2n) is 10.7. The first-order valence-electron chi connectivity index (χ1n) is 14.6. The van der Waals surface area contributed by atoms with Gasteiger partial charge in [0.2, 0.25) is 5.91 Å². The zero-order chi connectivity index (χ0) is 29.2. The molecule has 0 saturated heterocycles. The molecule has 8 heteroatoms. The van der Waals surface area contributed by atoms with Gasteiger partial charge in [0.15, 0.2) is 11.5 Å². The van der Waals surface area contributed by atoms with Crippen molar-refractivity contribution in [1.82, 2.24) is 9.80 Å². The van der Waals surface area contributed by atoms with Crippen LogP contribution in [-0.4, -0.2) is 55.1 Å². The van der Waals surface area contributed by atoms with Gasteiger partial charge in [-0.05, 0) is 80.1 Å². The van der Waals surface area contributed by atoms with Crippen molar-refractivity contribution in [1.29, 1.82) is 0 Å². The first kappa shape index (κ1) is 30.4. The Kier molecular flexibility index (Phi) is 11.1. The standard InChI is InChI=1S/C33H43N3O4S/c1-5-25-12-15-27(16-13-25)34-33(38)36(28-9-7-6-8-10-28)23-32(37)35(22-29-17-11-24(2)41-29)20-19-26-14-18-30(39-3)31(21-26)40-4/h11-18,21,28H,5-10,19-20,22-23H2,1-4H3,(H,34,38). The van der Waals surface area contributed by atoms with Gasteiger partial charge in [0.25, 0.3) is 0 Å². The summed E-state index contributed by atoms with van der Waals surface area (Å²) < 4.78 is 10.9. The Balaban J connectivity index is 1.52. The predicted molar refractivity (Wildman–Crippen MR) is 166 cm³/mol. The molecule has 1 fully saturated rings. The number of anilines is 1. The van der Waals surface area contributed by atoms with Crippen LogP contribution in [0.4, 0.5) is 10.5 Å². The number of amides is 3. The van der Waals surface area contributed by atoms with E-state index in [4.69, 9.17) is 9.47 Å². The molecule has 1 N–H and O–H groups in total. The van der Waals surface area contributed by atoms with Crippen LogP contribution >= 0.6 is 11.3 Å². The van der Waals surface area contributed by atoms with Gasteiger partial charge in [0, 0.05) is 28.0 Å². The molecule has 1 aromatic heterocycles. The number of nitrogens with one attached hydrogen (secondary N) is 1. The Bertz CT molecular complexity index is 1280. The van der Waals surface area contributed by atoms with Crippen molar-refractivity contribution in [2.75, 3.05) is 32.6 Å². The Morgan fingerprint density at radius 3 is 2.27 bits per heavy atom. The van der Waals surface area contributed by atoms with Gasteiger partial charge in [-0.25, -0.2) is 4.79 Å². The molecule has 0 aliphatic heterocycles. The maximum atomic E-state index is 14.0. The van der Waals surface area contributed by atoms with Gasteiger partial charge in [-0.3, -0.25) is 4.79 Å². The summed E-state index contributed by atoms with van der Waals surface area (Å²) in [6, 6.07) is 17.8. The molecule has 3 aromatic rings. The zero-order valence-electron chi connectivity index (χ0n) is 24.8. The SMILES string of the molecule is CCc1ccc(NC(=O)N(CC(=O)N(CCc2ccc(OC)c(OC)c2)Cc2ccc(C)s2)C2CCCCC2)cc1. The molecule has 0 unspecified atom stereocenters. The highest BCUT2D eigenvalue weighted by molar-refractivity contribution is 7.11. The lowest BCUT2D eigenvalue weighted by atomic mass is 9.94. The van der Waals surface area contributed by atoms with Crippen LogP contribution in [0.15, 0.2) is 54.6 Å². The van der Waals surface area contributed by atoms with E-state index in [2.05, 4.69) is 31.3 Å². The van der Waals surface area contributed by atoms with E-state index < -0.39 is 0 Å². The molecule has 1 aliphatic carbocycles. The van der Waals surface area contributed by atoms with E-state index in [-0.39, 0.29) is 24.5 Å². The number of hydrogen-bond donors (Lipinski definition) is 1. The van der Waals surface area contributed by atoms with Gasteiger partial charge in [-0.2, -0.15) is 0 Å². The van der Waals surface area contributed by atoms with Gasteiger partial charge >= 0.3 is 6.03 Å². The van der Waals surface area contributed by atoms with Gasteiger partial charge in [-0.1, -0.05) is 44.4 Å². The maximum absolute atomic E-state index is 14.0. The van der Waals surface area contributed by atoms with Crippen molar-refractivity contribution in [2.24, 2.45) is 0 Å². The van der Waals surface area contributed by atoms with E-state index in [0.29, 0.717) is 31.0 Å². The highest BCUT2D eigenvalue weighted by atomic mass is 32.1. The third-order valence-electron chi connectivity index (χ3n) is 7.81. The lowest BCUT2D eigenvalue weighted by molar-refractivity contribution is -0.132. The Hall–Kier alpha value is -3.52. The average molecular weight is 578 g/mol. The molecule has 0 bridgehead atoms. The summed E-state index contributed by atoms with van der Waals surface area (Å²) >= 11 is 1.70. The summed E-state index contributed by atoms with van der Waals surface area (Å²) in [5, 5.41) is 3.06. The third-order valence-corrected chi connectivity index (χ3v) is 8.79. The van der Waals surface area contributed by atoms with E-state index in [9.17, 15) is 9.59 Å². The number of carbonyl (C=O) groups excluding carboxylic acids is 2. The molecular formula is C33H43N3O4S. The average Bonchev–Trinajstić information content (AvgIpc) is 3.42. The van der Waals surface area contributed by atoms with Crippen LogP contribution < -0.4 is 14.8 Å². The number of hydrogen-bond acceptors (Lipinski definition) is 5. The first-order valence-corrected chi connectivity index (χ1v) is 15.4. The smallest absolute Gasteiger partial charge is 0.322 e. The third kappa shape index (κ3) is 8.49. The molecule has 1 heterocycles. The monoisotopic (exact) mass is 577 g/mol. The van der Waals surface area contributed by atoms with E-state index in [1.807, 2.05) is 47.4 Å². The van der Waals surface area contributed by atoms with E-state index >= 15 is 0 Å². The largest absolute Gasteiger partial charge is 0.493 e. The van der Waals surface area contributed by atoms with Gasteiger partial charge < -0.3 is 24.6 Å². The molecule has 4 rings (SSSR count). The molecule has 0 atom stereocenters. The van der Waals surface area contributed by atoms with Crippen LogP contribution in [0.1, 0.15) is 59.9 Å². The summed E-state index contributed by atoms with van der Waals surface area (Å²) in [4.78, 5) is 33.6. The topological polar surface area (TPSA) is 71.1 Å². The summed E-state index contributed by atoms with van der Waals surface area (Å²) in [5.41, 5.74) is 3.02. The van der Waals surface area contributed by atoms with Crippen molar-refractivity contribution in [3.63, 3.8) is 0 Å². The van der Waals surface area contributed by atoms with Gasteiger partial charge in [0.05, 0.1) is 20.8 Å². The van der Waals surface area contributed by atoms with Crippen molar-refractivity contribution in [3.8, 4) is 11.5 Å². The number of aryl methyl sites for hydroxylation is 2. The Morgan fingerprint density at radius 1 is 0.927 bits per heavy atom. The van der Waals surface area contributed by atoms with Crippen molar-refractivity contribution in [2.45, 2.75) is 71.4 Å². The van der Waals surface area contributed by atoms with Crippen LogP contribution in [0.25, 0.3) is 0 Å². The predicted octanol–water partition coefficient (Wildman–Crippen LogP) is 7.07. The van der Waals surface area contributed by atoms with Crippen LogP contribution in [0.2, 0.25) is 0 Å². The fourth-order valence-corrected chi connectivity index (χ4v) is 6.28. The second kappa shape index (κ2) is 14.9. The van der Waals surface area contributed by atoms with Crippen LogP contribution in [0.3, 0.4) is 0 Å². The minimum absolute atomic E-state index is 0.0430. The molecule has 0 radical (unpaired) electrons. The molecule has 3 amide bonds. The summed E-state index contributed by atoms with van der Waals surface area (Å²) in [6.07, 6.45) is 6.77. The number of rotatable bonds is 12. The number of methoxy groups -OCH3 is 2. The van der Waals surface area contributed by atoms with E-state index in [0.717, 1.165) is 48.2 Å². The van der Waals surface area contributed by atoms with Crippen LogP contribution in [0, 0.1) is 6.92 Å². The second-order valence-corrected chi connectivity index (χ2v) is 12.0. The Morgan fingerprint density at radius 2 is 1.63 bits per heavy atom. The molecule has 1 saturated carbocycles. The molecule has 41 heavy (non-hydrogen) atoms. The highest BCUT2D eigenvalue weighted by Gasteiger charge is 2.29. The van der Waals surface area contributed by atoms with Crippen LogP contribution in [-0.2, 0) is 24.2 Å². The molecule has 1 aliphatic rings.